The van der Waals surface area contributed by atoms with Gasteiger partial charge in [0.2, 0.25) is 0 Å². The van der Waals surface area contributed by atoms with E-state index in [9.17, 15) is 18.0 Å². The van der Waals surface area contributed by atoms with Crippen molar-refractivity contribution in [3.05, 3.63) is 42.0 Å². The Morgan fingerprint density at radius 1 is 1.29 bits per heavy atom. The van der Waals surface area contributed by atoms with E-state index in [4.69, 9.17) is 5.11 Å². The molecular formula is C16H19F3O2. The molecular weight excluding hydrogens is 281 g/mol. The molecule has 0 aliphatic carbocycles. The van der Waals surface area contributed by atoms with Gasteiger partial charge in [0.05, 0.1) is 11.8 Å². The van der Waals surface area contributed by atoms with Gasteiger partial charge in [-0.15, -0.1) is 0 Å². The highest BCUT2D eigenvalue weighted by molar-refractivity contribution is 5.70. The molecule has 0 radical (unpaired) electrons. The highest BCUT2D eigenvalue weighted by Gasteiger charge is 2.45. The molecule has 116 valence electrons. The number of hydrogen-bond acceptors (Lipinski definition) is 1. The van der Waals surface area contributed by atoms with E-state index < -0.39 is 29.9 Å². The summed E-state index contributed by atoms with van der Waals surface area (Å²) in [5, 5.41) is 9.06. The smallest absolute Gasteiger partial charge is 0.392 e. The second-order valence-corrected chi connectivity index (χ2v) is 5.03. The summed E-state index contributed by atoms with van der Waals surface area (Å²) in [5.41, 5.74) is 0.747. The van der Waals surface area contributed by atoms with Gasteiger partial charge < -0.3 is 5.11 Å². The summed E-state index contributed by atoms with van der Waals surface area (Å²) in [6, 6.07) is 8.87. The van der Waals surface area contributed by atoms with E-state index in [1.165, 1.54) is 19.9 Å². The molecule has 1 rings (SSSR count). The van der Waals surface area contributed by atoms with Gasteiger partial charge in [0, 0.05) is 5.92 Å². The molecule has 0 aliphatic heterocycles. The molecule has 0 fully saturated rings. The van der Waals surface area contributed by atoms with Crippen molar-refractivity contribution in [2.45, 2.75) is 26.4 Å². The van der Waals surface area contributed by atoms with E-state index in [-0.39, 0.29) is 6.42 Å². The molecule has 3 atom stereocenters. The minimum Gasteiger partial charge on any atom is -0.481 e. The first-order valence-electron chi connectivity index (χ1n) is 6.80. The van der Waals surface area contributed by atoms with Crippen molar-refractivity contribution in [1.29, 1.82) is 0 Å². The number of benzene rings is 1. The van der Waals surface area contributed by atoms with Gasteiger partial charge in [-0.1, -0.05) is 56.3 Å². The van der Waals surface area contributed by atoms with Crippen LogP contribution in [0.1, 0.15) is 25.8 Å². The lowest BCUT2D eigenvalue weighted by molar-refractivity contribution is -0.191. The fraction of sp³-hybridized carbons (Fsp3) is 0.438. The molecule has 0 amide bonds. The summed E-state index contributed by atoms with van der Waals surface area (Å²) < 4.78 is 39.3. The normalized spacial score (nSPS) is 16.6. The number of carbonyl (C=O) groups is 1. The number of alkyl halides is 3. The molecule has 0 heterocycles. The predicted octanol–water partition coefficient (Wildman–Crippen LogP) is 4.63. The lowest BCUT2D eigenvalue weighted by atomic mass is 9.80. The number of aliphatic carboxylic acids is 1. The van der Waals surface area contributed by atoms with Crippen LogP contribution < -0.4 is 0 Å². The van der Waals surface area contributed by atoms with E-state index in [0.717, 1.165) is 5.56 Å². The van der Waals surface area contributed by atoms with Gasteiger partial charge in [0.1, 0.15) is 0 Å². The first-order chi connectivity index (χ1) is 9.77. The van der Waals surface area contributed by atoms with Crippen molar-refractivity contribution in [2.24, 2.45) is 17.8 Å². The summed E-state index contributed by atoms with van der Waals surface area (Å²) in [6.07, 6.45) is -1.64. The van der Waals surface area contributed by atoms with Gasteiger partial charge in [-0.3, -0.25) is 4.79 Å². The van der Waals surface area contributed by atoms with Gasteiger partial charge in [-0.2, -0.15) is 13.2 Å². The molecule has 2 nitrogen and oxygen atoms in total. The average molecular weight is 300 g/mol. The Balaban J connectivity index is 3.08. The highest BCUT2D eigenvalue weighted by Crippen LogP contribution is 2.39. The fourth-order valence-corrected chi connectivity index (χ4v) is 2.32. The van der Waals surface area contributed by atoms with Crippen LogP contribution in [0.25, 0.3) is 6.08 Å². The van der Waals surface area contributed by atoms with Crippen molar-refractivity contribution in [1.82, 2.24) is 0 Å². The largest absolute Gasteiger partial charge is 0.481 e. The van der Waals surface area contributed by atoms with Gasteiger partial charge in [0.25, 0.3) is 0 Å². The van der Waals surface area contributed by atoms with Crippen molar-refractivity contribution in [3.8, 4) is 0 Å². The second-order valence-electron chi connectivity index (χ2n) is 5.03. The van der Waals surface area contributed by atoms with Gasteiger partial charge in [0.15, 0.2) is 0 Å². The summed E-state index contributed by atoms with van der Waals surface area (Å²) in [4.78, 5) is 11.1. The predicted molar refractivity (Wildman–Crippen MR) is 75.6 cm³/mol. The molecule has 1 N–H and O–H groups in total. The highest BCUT2D eigenvalue weighted by atomic mass is 19.4. The van der Waals surface area contributed by atoms with Crippen molar-refractivity contribution in [2.75, 3.05) is 0 Å². The Hall–Kier alpha value is -1.78. The molecule has 0 unspecified atom stereocenters. The molecule has 0 spiro atoms. The van der Waals surface area contributed by atoms with E-state index in [2.05, 4.69) is 0 Å². The minimum absolute atomic E-state index is 0.148. The standard InChI is InChI=1S/C16H19F3O2/c1-3-14(16(17,18)19)13(11(2)15(20)21)10-9-12-7-5-4-6-8-12/h4-11,13-14H,3H2,1-2H3,(H,20,21)/b10-9+/t11-,13+,14+/m1/s1. The third-order valence-electron chi connectivity index (χ3n) is 3.60. The van der Waals surface area contributed by atoms with Crippen LogP contribution in [-0.4, -0.2) is 17.3 Å². The average Bonchev–Trinajstić information content (AvgIpc) is 2.42. The van der Waals surface area contributed by atoms with E-state index in [1.54, 1.807) is 36.4 Å². The summed E-state index contributed by atoms with van der Waals surface area (Å²) in [7, 11) is 0. The zero-order chi connectivity index (χ0) is 16.0. The zero-order valence-corrected chi connectivity index (χ0v) is 12.0. The molecule has 0 aromatic heterocycles. The van der Waals surface area contributed by atoms with E-state index >= 15 is 0 Å². The lowest BCUT2D eigenvalue weighted by Crippen LogP contribution is -2.35. The van der Waals surface area contributed by atoms with Crippen molar-refractivity contribution in [3.63, 3.8) is 0 Å². The van der Waals surface area contributed by atoms with Gasteiger partial charge in [-0.25, -0.2) is 0 Å². The van der Waals surface area contributed by atoms with Crippen LogP contribution in [-0.2, 0) is 4.79 Å². The topological polar surface area (TPSA) is 37.3 Å². The Labute approximate surface area is 122 Å². The Morgan fingerprint density at radius 2 is 1.86 bits per heavy atom. The summed E-state index contributed by atoms with van der Waals surface area (Å²) >= 11 is 0. The second kappa shape index (κ2) is 7.29. The maximum Gasteiger partial charge on any atom is 0.392 e. The molecule has 1 aromatic rings. The zero-order valence-electron chi connectivity index (χ0n) is 12.0. The quantitative estimate of drug-likeness (QED) is 0.832. The summed E-state index contributed by atoms with van der Waals surface area (Å²) in [6.45, 7) is 2.74. The Kier molecular flexibility index (Phi) is 6.00. The number of carboxylic acid groups (broad SMARTS) is 1. The molecule has 21 heavy (non-hydrogen) atoms. The Bertz CT molecular complexity index is 480. The van der Waals surface area contributed by atoms with Crippen molar-refractivity contribution >= 4 is 12.0 Å². The number of carboxylic acids is 1. The van der Waals surface area contributed by atoms with Crippen LogP contribution in [0.4, 0.5) is 13.2 Å². The minimum atomic E-state index is -4.41. The molecule has 1 aromatic carbocycles. The number of rotatable bonds is 6. The first-order valence-corrected chi connectivity index (χ1v) is 6.80. The SMILES string of the molecule is CC[C@@H]([C@@H](/C=C/c1ccccc1)[C@@H](C)C(=O)O)C(F)(F)F. The van der Waals surface area contributed by atoms with Crippen molar-refractivity contribution < 1.29 is 23.1 Å². The third-order valence-corrected chi connectivity index (χ3v) is 3.60. The molecule has 0 saturated carbocycles. The summed E-state index contributed by atoms with van der Waals surface area (Å²) in [5.74, 6) is -5.08. The molecule has 0 saturated heterocycles. The molecule has 0 bridgehead atoms. The van der Waals surface area contributed by atoms with Gasteiger partial charge >= 0.3 is 12.1 Å². The van der Waals surface area contributed by atoms with Crippen LogP contribution in [0.15, 0.2) is 36.4 Å². The van der Waals surface area contributed by atoms with Gasteiger partial charge in [-0.05, 0) is 12.0 Å². The number of halogens is 3. The molecule has 5 heteroatoms. The van der Waals surface area contributed by atoms with Crippen LogP contribution in [0, 0.1) is 17.8 Å². The van der Waals surface area contributed by atoms with Crippen LogP contribution in [0.2, 0.25) is 0 Å². The maximum atomic E-state index is 13.1. The molecule has 0 aliphatic rings. The lowest BCUT2D eigenvalue weighted by Gasteiger charge is -2.28. The maximum absolute atomic E-state index is 13.1. The van der Waals surface area contributed by atoms with Crippen LogP contribution in [0.3, 0.4) is 0 Å². The number of hydrogen-bond donors (Lipinski definition) is 1. The third kappa shape index (κ3) is 4.92. The number of allylic oxidation sites excluding steroid dienone is 1. The van der Waals surface area contributed by atoms with Crippen LogP contribution >= 0.6 is 0 Å². The van der Waals surface area contributed by atoms with E-state index in [1.807, 2.05) is 0 Å². The fourth-order valence-electron chi connectivity index (χ4n) is 2.32. The van der Waals surface area contributed by atoms with Crippen LogP contribution in [0.5, 0.6) is 0 Å². The Morgan fingerprint density at radius 3 is 2.29 bits per heavy atom. The first kappa shape index (κ1) is 17.3. The monoisotopic (exact) mass is 300 g/mol. The van der Waals surface area contributed by atoms with E-state index in [0.29, 0.717) is 0 Å².